The molecule has 0 saturated carbocycles. The normalized spacial score (nSPS) is 27.2. The number of fused-ring (bicyclic) bond motifs is 1. The number of para-hydroxylation sites is 2. The third-order valence-electron chi connectivity index (χ3n) is 6.01. The summed E-state index contributed by atoms with van der Waals surface area (Å²) in [5.41, 5.74) is 0.478. The predicted octanol–water partition coefficient (Wildman–Crippen LogP) is 2.48. The zero-order chi connectivity index (χ0) is 17.6. The number of rotatable bonds is 3. The van der Waals surface area contributed by atoms with E-state index in [0.717, 1.165) is 50.2 Å². The number of methoxy groups -OCH3 is 1. The molecule has 0 bridgehead atoms. The predicted molar refractivity (Wildman–Crippen MR) is 94.8 cm³/mol. The maximum absolute atomic E-state index is 12.9. The lowest BCUT2D eigenvalue weighted by molar-refractivity contribution is -0.133. The molecule has 6 heteroatoms. The van der Waals surface area contributed by atoms with E-state index >= 15 is 0 Å². The first-order valence-corrected chi connectivity index (χ1v) is 9.09. The van der Waals surface area contributed by atoms with Crippen LogP contribution in [0.15, 0.2) is 24.3 Å². The molecular formula is C19H25N3O3. The lowest BCUT2D eigenvalue weighted by Crippen LogP contribution is -2.49. The van der Waals surface area contributed by atoms with Crippen molar-refractivity contribution in [3.05, 3.63) is 24.3 Å². The minimum absolute atomic E-state index is 0.00532. The second-order valence-corrected chi connectivity index (χ2v) is 7.38. The number of hydrogen-bond donors (Lipinski definition) is 0. The Bertz CT molecular complexity index is 699. The van der Waals surface area contributed by atoms with E-state index in [0.29, 0.717) is 6.54 Å². The van der Waals surface area contributed by atoms with E-state index in [1.54, 1.807) is 16.9 Å². The molecule has 3 aliphatic heterocycles. The summed E-state index contributed by atoms with van der Waals surface area (Å²) in [6.07, 6.45) is 3.32. The maximum Gasteiger partial charge on any atom is 0.327 e. The van der Waals surface area contributed by atoms with E-state index in [4.69, 9.17) is 4.74 Å². The summed E-state index contributed by atoms with van der Waals surface area (Å²) < 4.78 is 5.46. The molecule has 1 aromatic rings. The van der Waals surface area contributed by atoms with Gasteiger partial charge in [0.05, 0.1) is 12.8 Å². The standard InChI is InChI=1S/C19H25N3O3/c1-19-10-5-11-21(19)18(24)22(17(19)23)14-8-12-20(13-9-14)15-6-3-4-7-16(15)25-2/h3-4,6-7,14H,5,8-13H2,1-2H3/t19-/m1/s1. The number of amides is 3. The summed E-state index contributed by atoms with van der Waals surface area (Å²) in [7, 11) is 1.68. The van der Waals surface area contributed by atoms with Crippen molar-refractivity contribution in [2.75, 3.05) is 31.6 Å². The van der Waals surface area contributed by atoms with Gasteiger partial charge in [-0.3, -0.25) is 9.69 Å². The second kappa shape index (κ2) is 5.93. The van der Waals surface area contributed by atoms with Gasteiger partial charge in [-0.05, 0) is 44.7 Å². The summed E-state index contributed by atoms with van der Waals surface area (Å²) in [5, 5.41) is 0. The SMILES string of the molecule is COc1ccccc1N1CCC(N2C(=O)N3CCC[C@]3(C)C2=O)CC1. The van der Waals surface area contributed by atoms with Crippen molar-refractivity contribution in [2.24, 2.45) is 0 Å². The van der Waals surface area contributed by atoms with Crippen LogP contribution in [0.5, 0.6) is 5.75 Å². The van der Waals surface area contributed by atoms with E-state index in [1.165, 1.54) is 0 Å². The van der Waals surface area contributed by atoms with Crippen molar-refractivity contribution in [2.45, 2.75) is 44.2 Å². The third kappa shape index (κ3) is 2.38. The van der Waals surface area contributed by atoms with E-state index in [-0.39, 0.29) is 18.0 Å². The van der Waals surface area contributed by atoms with Gasteiger partial charge < -0.3 is 14.5 Å². The van der Waals surface area contributed by atoms with Crippen LogP contribution in [0.2, 0.25) is 0 Å². The van der Waals surface area contributed by atoms with Gasteiger partial charge in [-0.2, -0.15) is 0 Å². The lowest BCUT2D eigenvalue weighted by atomic mass is 9.97. The van der Waals surface area contributed by atoms with Gasteiger partial charge in [0.15, 0.2) is 0 Å². The fraction of sp³-hybridized carbons (Fsp3) is 0.579. The van der Waals surface area contributed by atoms with Crippen LogP contribution < -0.4 is 9.64 Å². The van der Waals surface area contributed by atoms with Crippen molar-refractivity contribution < 1.29 is 14.3 Å². The first-order valence-electron chi connectivity index (χ1n) is 9.09. The second-order valence-electron chi connectivity index (χ2n) is 7.38. The van der Waals surface area contributed by atoms with Crippen molar-refractivity contribution in [1.29, 1.82) is 0 Å². The average Bonchev–Trinajstić information content (AvgIpc) is 3.12. The molecule has 3 aliphatic rings. The summed E-state index contributed by atoms with van der Waals surface area (Å²) in [4.78, 5) is 31.3. The minimum Gasteiger partial charge on any atom is -0.495 e. The molecule has 0 N–H and O–H groups in total. The number of piperidine rings is 1. The Balaban J connectivity index is 1.48. The number of nitrogens with zero attached hydrogens (tertiary/aromatic N) is 3. The molecule has 3 amide bonds. The largest absolute Gasteiger partial charge is 0.495 e. The number of hydrogen-bond acceptors (Lipinski definition) is 4. The molecule has 6 nitrogen and oxygen atoms in total. The van der Waals surface area contributed by atoms with Gasteiger partial charge in [-0.15, -0.1) is 0 Å². The number of imide groups is 1. The van der Waals surface area contributed by atoms with E-state index < -0.39 is 5.54 Å². The number of benzene rings is 1. The van der Waals surface area contributed by atoms with Crippen LogP contribution in [0.1, 0.15) is 32.6 Å². The molecule has 1 atom stereocenters. The quantitative estimate of drug-likeness (QED) is 0.791. The maximum atomic E-state index is 12.9. The lowest BCUT2D eigenvalue weighted by Gasteiger charge is -2.37. The van der Waals surface area contributed by atoms with Gasteiger partial charge >= 0.3 is 6.03 Å². The van der Waals surface area contributed by atoms with E-state index in [9.17, 15) is 9.59 Å². The molecule has 3 fully saturated rings. The van der Waals surface area contributed by atoms with Crippen LogP contribution in [0, 0.1) is 0 Å². The smallest absolute Gasteiger partial charge is 0.327 e. The molecule has 3 heterocycles. The molecule has 4 rings (SSSR count). The summed E-state index contributed by atoms with van der Waals surface area (Å²) in [6, 6.07) is 7.92. The highest BCUT2D eigenvalue weighted by molar-refractivity contribution is 6.07. The first kappa shape index (κ1) is 16.2. The van der Waals surface area contributed by atoms with Gasteiger partial charge in [-0.1, -0.05) is 12.1 Å². The first-order chi connectivity index (χ1) is 12.1. The third-order valence-corrected chi connectivity index (χ3v) is 6.01. The molecular weight excluding hydrogens is 318 g/mol. The van der Waals surface area contributed by atoms with Crippen molar-refractivity contribution >= 4 is 17.6 Å². The fourth-order valence-electron chi connectivity index (χ4n) is 4.55. The van der Waals surface area contributed by atoms with Crippen molar-refractivity contribution in [3.8, 4) is 5.75 Å². The van der Waals surface area contributed by atoms with Crippen LogP contribution >= 0.6 is 0 Å². The Hall–Kier alpha value is -2.24. The zero-order valence-electron chi connectivity index (χ0n) is 14.9. The zero-order valence-corrected chi connectivity index (χ0v) is 14.9. The Morgan fingerprint density at radius 2 is 1.84 bits per heavy atom. The molecule has 134 valence electrons. The number of ether oxygens (including phenoxy) is 1. The molecule has 0 aromatic heterocycles. The number of anilines is 1. The monoisotopic (exact) mass is 343 g/mol. The Morgan fingerprint density at radius 1 is 1.12 bits per heavy atom. The van der Waals surface area contributed by atoms with Gasteiger partial charge in [0.2, 0.25) is 0 Å². The van der Waals surface area contributed by atoms with E-state index in [2.05, 4.69) is 11.0 Å². The fourth-order valence-corrected chi connectivity index (χ4v) is 4.55. The Labute approximate surface area is 148 Å². The van der Waals surface area contributed by atoms with Crippen molar-refractivity contribution in [3.63, 3.8) is 0 Å². The van der Waals surface area contributed by atoms with Crippen molar-refractivity contribution in [1.82, 2.24) is 9.80 Å². The van der Waals surface area contributed by atoms with Gasteiger partial charge in [-0.25, -0.2) is 4.79 Å². The molecule has 3 saturated heterocycles. The number of carbonyl (C=O) groups excluding carboxylic acids is 2. The highest BCUT2D eigenvalue weighted by atomic mass is 16.5. The highest BCUT2D eigenvalue weighted by Gasteiger charge is 2.58. The van der Waals surface area contributed by atoms with Crippen LogP contribution in [0.3, 0.4) is 0 Å². The molecule has 25 heavy (non-hydrogen) atoms. The van der Waals surface area contributed by atoms with E-state index in [1.807, 2.05) is 25.1 Å². The minimum atomic E-state index is -0.600. The van der Waals surface area contributed by atoms with Gasteiger partial charge in [0.1, 0.15) is 11.3 Å². The Kier molecular flexibility index (Phi) is 3.85. The molecule has 1 aromatic carbocycles. The number of urea groups is 1. The molecule has 0 spiro atoms. The average molecular weight is 343 g/mol. The highest BCUT2D eigenvalue weighted by Crippen LogP contribution is 2.40. The van der Waals surface area contributed by atoms with Crippen LogP contribution in [0.4, 0.5) is 10.5 Å². The molecule has 0 radical (unpaired) electrons. The van der Waals surface area contributed by atoms with Crippen LogP contribution in [-0.4, -0.2) is 60.1 Å². The van der Waals surface area contributed by atoms with Crippen LogP contribution in [-0.2, 0) is 4.79 Å². The Morgan fingerprint density at radius 3 is 2.52 bits per heavy atom. The molecule has 0 aliphatic carbocycles. The molecule has 0 unspecified atom stereocenters. The van der Waals surface area contributed by atoms with Gasteiger partial charge in [0.25, 0.3) is 5.91 Å². The topological polar surface area (TPSA) is 53.1 Å². The van der Waals surface area contributed by atoms with Gasteiger partial charge in [0, 0.05) is 25.7 Å². The summed E-state index contributed by atoms with van der Waals surface area (Å²) in [6.45, 7) is 4.26. The summed E-state index contributed by atoms with van der Waals surface area (Å²) >= 11 is 0. The van der Waals surface area contributed by atoms with Crippen LogP contribution in [0.25, 0.3) is 0 Å². The summed E-state index contributed by atoms with van der Waals surface area (Å²) in [5.74, 6) is 0.869. The number of carbonyl (C=O) groups is 2.